The van der Waals surface area contributed by atoms with Crippen LogP contribution in [0.4, 0.5) is 0 Å². The van der Waals surface area contributed by atoms with E-state index in [0.717, 1.165) is 17.4 Å². The normalized spacial score (nSPS) is 9.42. The van der Waals surface area contributed by atoms with Crippen LogP contribution in [-0.4, -0.2) is 6.29 Å². The van der Waals surface area contributed by atoms with Crippen LogP contribution in [0.15, 0.2) is 30.8 Å². The van der Waals surface area contributed by atoms with E-state index >= 15 is 0 Å². The molecule has 1 nitrogen and oxygen atoms in total. The molecule has 1 aromatic carbocycles. The van der Waals surface area contributed by atoms with Crippen LogP contribution >= 0.6 is 0 Å². The van der Waals surface area contributed by atoms with Crippen LogP contribution in [0, 0.1) is 6.92 Å². The molecule has 1 rings (SSSR count). The van der Waals surface area contributed by atoms with E-state index in [1.165, 1.54) is 5.56 Å². The lowest BCUT2D eigenvalue weighted by atomic mass is 10.0. The van der Waals surface area contributed by atoms with Gasteiger partial charge in [0.05, 0.1) is 0 Å². The van der Waals surface area contributed by atoms with Gasteiger partial charge in [0.25, 0.3) is 0 Å². The zero-order valence-corrected chi connectivity index (χ0v) is 7.21. The quantitative estimate of drug-likeness (QED) is 0.621. The molecule has 0 heterocycles. The maximum Gasteiger partial charge on any atom is 0.124 e. The Morgan fingerprint density at radius 2 is 2.00 bits per heavy atom. The van der Waals surface area contributed by atoms with E-state index < -0.39 is 0 Å². The summed E-state index contributed by atoms with van der Waals surface area (Å²) in [6.45, 7) is 5.85. The molecule has 0 aliphatic heterocycles. The van der Waals surface area contributed by atoms with Gasteiger partial charge in [-0.05, 0) is 18.1 Å². The highest BCUT2D eigenvalue weighted by Gasteiger charge is 1.96. The summed E-state index contributed by atoms with van der Waals surface area (Å²) in [6, 6.07) is 8.01. The third kappa shape index (κ3) is 2.06. The summed E-state index contributed by atoms with van der Waals surface area (Å²) in [7, 11) is 0. The van der Waals surface area contributed by atoms with E-state index in [1.807, 2.05) is 31.2 Å². The second-order valence-electron chi connectivity index (χ2n) is 2.84. The highest BCUT2D eigenvalue weighted by molar-refractivity contribution is 5.75. The van der Waals surface area contributed by atoms with E-state index in [2.05, 4.69) is 6.58 Å². The molecule has 62 valence electrons. The molecule has 1 heteroatoms. The summed E-state index contributed by atoms with van der Waals surface area (Å²) in [4.78, 5) is 10.2. The summed E-state index contributed by atoms with van der Waals surface area (Å²) in [5, 5.41) is 0. The zero-order chi connectivity index (χ0) is 8.97. The Balaban J connectivity index is 2.82. The monoisotopic (exact) mass is 160 g/mol. The summed E-state index contributed by atoms with van der Waals surface area (Å²) >= 11 is 0. The van der Waals surface area contributed by atoms with Gasteiger partial charge in [-0.15, -0.1) is 0 Å². The Hall–Kier alpha value is -1.37. The van der Waals surface area contributed by atoms with E-state index in [4.69, 9.17) is 0 Å². The Bertz CT molecular complexity index is 282. The molecule has 12 heavy (non-hydrogen) atoms. The summed E-state index contributed by atoms with van der Waals surface area (Å²) in [6.07, 6.45) is 1.30. The van der Waals surface area contributed by atoms with Crippen molar-refractivity contribution < 1.29 is 4.79 Å². The molecular weight excluding hydrogens is 148 g/mol. The number of aryl methyl sites for hydroxylation is 1. The molecule has 0 aliphatic carbocycles. The Labute approximate surface area is 72.7 Å². The van der Waals surface area contributed by atoms with Gasteiger partial charge in [-0.2, -0.15) is 0 Å². The van der Waals surface area contributed by atoms with Gasteiger partial charge < -0.3 is 4.79 Å². The SMILES string of the molecule is C=C(CC=O)c1ccc(C)cc1. The minimum atomic E-state index is 0.420. The molecular formula is C11H12O. The lowest BCUT2D eigenvalue weighted by molar-refractivity contribution is -0.107. The first-order valence-electron chi connectivity index (χ1n) is 3.92. The summed E-state index contributed by atoms with van der Waals surface area (Å²) < 4.78 is 0. The van der Waals surface area contributed by atoms with E-state index in [0.29, 0.717) is 6.42 Å². The second-order valence-corrected chi connectivity index (χ2v) is 2.84. The van der Waals surface area contributed by atoms with Gasteiger partial charge >= 0.3 is 0 Å². The Kier molecular flexibility index (Phi) is 2.81. The highest BCUT2D eigenvalue weighted by Crippen LogP contribution is 2.14. The molecule has 0 atom stereocenters. The van der Waals surface area contributed by atoms with E-state index in [9.17, 15) is 4.79 Å². The first-order chi connectivity index (χ1) is 5.74. The number of rotatable bonds is 3. The first kappa shape index (κ1) is 8.72. The molecule has 0 fully saturated rings. The van der Waals surface area contributed by atoms with Gasteiger partial charge in [-0.25, -0.2) is 0 Å². The predicted octanol–water partition coefficient (Wildman–Crippen LogP) is 2.60. The summed E-state index contributed by atoms with van der Waals surface area (Å²) in [5.41, 5.74) is 3.15. The van der Waals surface area contributed by atoms with Crippen LogP contribution in [-0.2, 0) is 4.79 Å². The van der Waals surface area contributed by atoms with Crippen molar-refractivity contribution in [2.75, 3.05) is 0 Å². The summed E-state index contributed by atoms with van der Waals surface area (Å²) in [5.74, 6) is 0. The van der Waals surface area contributed by atoms with Crippen molar-refractivity contribution in [2.45, 2.75) is 13.3 Å². The molecule has 0 spiro atoms. The zero-order valence-electron chi connectivity index (χ0n) is 7.21. The van der Waals surface area contributed by atoms with Crippen molar-refractivity contribution in [2.24, 2.45) is 0 Å². The fourth-order valence-electron chi connectivity index (χ4n) is 1.01. The van der Waals surface area contributed by atoms with Crippen LogP contribution in [0.1, 0.15) is 17.5 Å². The molecule has 0 saturated heterocycles. The average Bonchev–Trinajstić information content (AvgIpc) is 2.06. The third-order valence-electron chi connectivity index (χ3n) is 1.79. The highest BCUT2D eigenvalue weighted by atomic mass is 16.1. The number of carbonyl (C=O) groups is 1. The lowest BCUT2D eigenvalue weighted by Crippen LogP contribution is -1.83. The lowest BCUT2D eigenvalue weighted by Gasteiger charge is -2.01. The predicted molar refractivity (Wildman–Crippen MR) is 50.9 cm³/mol. The number of hydrogen-bond acceptors (Lipinski definition) is 1. The number of allylic oxidation sites excluding steroid dienone is 1. The van der Waals surface area contributed by atoms with Gasteiger partial charge in [-0.1, -0.05) is 36.4 Å². The van der Waals surface area contributed by atoms with Crippen LogP contribution in [0.25, 0.3) is 5.57 Å². The number of hydrogen-bond donors (Lipinski definition) is 0. The molecule has 0 unspecified atom stereocenters. The number of aldehydes is 1. The van der Waals surface area contributed by atoms with Crippen LogP contribution in [0.3, 0.4) is 0 Å². The second kappa shape index (κ2) is 3.86. The average molecular weight is 160 g/mol. The molecule has 0 amide bonds. The van der Waals surface area contributed by atoms with Crippen molar-refractivity contribution in [3.05, 3.63) is 42.0 Å². The van der Waals surface area contributed by atoms with Gasteiger partial charge in [-0.3, -0.25) is 0 Å². The van der Waals surface area contributed by atoms with Crippen molar-refractivity contribution >= 4 is 11.9 Å². The smallest absolute Gasteiger partial charge is 0.124 e. The first-order valence-corrected chi connectivity index (χ1v) is 3.92. The molecule has 0 N–H and O–H groups in total. The van der Waals surface area contributed by atoms with Crippen molar-refractivity contribution in [3.8, 4) is 0 Å². The van der Waals surface area contributed by atoms with Crippen molar-refractivity contribution in [1.82, 2.24) is 0 Å². The fraction of sp³-hybridized carbons (Fsp3) is 0.182. The van der Waals surface area contributed by atoms with Crippen LogP contribution < -0.4 is 0 Å². The molecule has 0 aliphatic rings. The maximum atomic E-state index is 10.2. The Morgan fingerprint density at radius 1 is 1.42 bits per heavy atom. The standard InChI is InChI=1S/C11H12O/c1-9-3-5-11(6-4-9)10(2)7-8-12/h3-6,8H,2,7H2,1H3. The van der Waals surface area contributed by atoms with Crippen molar-refractivity contribution in [3.63, 3.8) is 0 Å². The van der Waals surface area contributed by atoms with Crippen LogP contribution in [0.2, 0.25) is 0 Å². The fourth-order valence-corrected chi connectivity index (χ4v) is 1.01. The van der Waals surface area contributed by atoms with Gasteiger partial charge in [0, 0.05) is 6.42 Å². The van der Waals surface area contributed by atoms with Crippen LogP contribution in [0.5, 0.6) is 0 Å². The van der Waals surface area contributed by atoms with Gasteiger partial charge in [0.2, 0.25) is 0 Å². The molecule has 0 aromatic heterocycles. The molecule has 0 saturated carbocycles. The van der Waals surface area contributed by atoms with E-state index in [-0.39, 0.29) is 0 Å². The topological polar surface area (TPSA) is 17.1 Å². The molecule has 0 radical (unpaired) electrons. The van der Waals surface area contributed by atoms with E-state index in [1.54, 1.807) is 0 Å². The third-order valence-corrected chi connectivity index (χ3v) is 1.79. The van der Waals surface area contributed by atoms with Gasteiger partial charge in [0.15, 0.2) is 0 Å². The molecule has 0 bridgehead atoms. The number of carbonyl (C=O) groups excluding carboxylic acids is 1. The van der Waals surface area contributed by atoms with Gasteiger partial charge in [0.1, 0.15) is 6.29 Å². The molecule has 1 aromatic rings. The number of benzene rings is 1. The Morgan fingerprint density at radius 3 is 2.50 bits per heavy atom. The minimum Gasteiger partial charge on any atom is -0.303 e. The van der Waals surface area contributed by atoms with Crippen molar-refractivity contribution in [1.29, 1.82) is 0 Å². The minimum absolute atomic E-state index is 0.420. The maximum absolute atomic E-state index is 10.2. The largest absolute Gasteiger partial charge is 0.303 e.